The topological polar surface area (TPSA) is 78.3 Å². The van der Waals surface area contributed by atoms with Gasteiger partial charge in [0, 0.05) is 16.9 Å². The molecular formula is C30H31N2O2P. The van der Waals surface area contributed by atoms with Crippen molar-refractivity contribution >= 4 is 24.0 Å². The maximum Gasteiger partial charge on any atom is 0.292 e. The number of benzene rings is 4. The molecule has 0 amide bonds. The van der Waals surface area contributed by atoms with E-state index in [0.29, 0.717) is 16.7 Å². The van der Waals surface area contributed by atoms with Crippen LogP contribution in [-0.2, 0) is 15.1 Å². The Kier molecular flexibility index (Phi) is 5.34. The van der Waals surface area contributed by atoms with E-state index in [1.165, 1.54) is 0 Å². The van der Waals surface area contributed by atoms with Crippen molar-refractivity contribution < 1.29 is 9.09 Å². The van der Waals surface area contributed by atoms with Crippen LogP contribution in [0.25, 0.3) is 11.1 Å². The fourth-order valence-corrected chi connectivity index (χ4v) is 8.03. The quantitative estimate of drug-likeness (QED) is 0.242. The van der Waals surface area contributed by atoms with E-state index in [1.54, 1.807) is 0 Å². The highest BCUT2D eigenvalue weighted by Gasteiger charge is 2.53. The van der Waals surface area contributed by atoms with Crippen LogP contribution in [0.5, 0.6) is 5.75 Å². The SMILES string of the molecule is CC(C)(C)c1cc(C(C)(c2ccc(N)cc2)P2(=O)Oc3ccccc3-c3ccccc32)ccc1N. The third-order valence-corrected chi connectivity index (χ3v) is 10.3. The van der Waals surface area contributed by atoms with Gasteiger partial charge in [-0.1, -0.05) is 81.4 Å². The maximum atomic E-state index is 15.5. The lowest BCUT2D eigenvalue weighted by molar-refractivity contribution is 0.463. The molecule has 0 radical (unpaired) electrons. The molecule has 5 rings (SSSR count). The number of hydrogen-bond donors (Lipinski definition) is 2. The van der Waals surface area contributed by atoms with Gasteiger partial charge >= 0.3 is 0 Å². The number of hydrogen-bond acceptors (Lipinski definition) is 4. The number of nitrogens with two attached hydrogens (primary N) is 2. The van der Waals surface area contributed by atoms with Gasteiger partial charge in [-0.3, -0.25) is 4.57 Å². The highest BCUT2D eigenvalue weighted by molar-refractivity contribution is 7.69. The summed E-state index contributed by atoms with van der Waals surface area (Å²) >= 11 is 0. The summed E-state index contributed by atoms with van der Waals surface area (Å²) in [5.41, 5.74) is 18.3. The number of anilines is 2. The van der Waals surface area contributed by atoms with Crippen molar-refractivity contribution in [2.45, 2.75) is 38.3 Å². The van der Waals surface area contributed by atoms with Crippen LogP contribution in [0.4, 0.5) is 11.4 Å². The lowest BCUT2D eigenvalue weighted by Crippen LogP contribution is -2.34. The van der Waals surface area contributed by atoms with Gasteiger partial charge < -0.3 is 16.0 Å². The fourth-order valence-electron chi connectivity index (χ4n) is 5.07. The zero-order valence-electron chi connectivity index (χ0n) is 20.6. The second-order valence-electron chi connectivity index (χ2n) is 10.4. The lowest BCUT2D eigenvalue weighted by atomic mass is 9.82. The Morgan fingerprint density at radius 3 is 2.00 bits per heavy atom. The molecule has 0 fully saturated rings. The molecule has 1 aliphatic heterocycles. The molecule has 4 N–H and O–H groups in total. The van der Waals surface area contributed by atoms with E-state index in [1.807, 2.05) is 91.9 Å². The second-order valence-corrected chi connectivity index (χ2v) is 13.1. The number of nitrogen functional groups attached to an aromatic ring is 2. The normalized spacial score (nSPS) is 18.6. The molecule has 1 aliphatic rings. The molecule has 5 heteroatoms. The van der Waals surface area contributed by atoms with Gasteiger partial charge in [0.2, 0.25) is 0 Å². The Labute approximate surface area is 207 Å². The van der Waals surface area contributed by atoms with Crippen LogP contribution in [0.15, 0.2) is 91.0 Å². The van der Waals surface area contributed by atoms with Gasteiger partial charge in [0.25, 0.3) is 7.37 Å². The average molecular weight is 483 g/mol. The largest absolute Gasteiger partial charge is 0.438 e. The van der Waals surface area contributed by atoms with Gasteiger partial charge in [-0.15, -0.1) is 0 Å². The first kappa shape index (κ1) is 23.3. The highest BCUT2D eigenvalue weighted by atomic mass is 31.2. The summed E-state index contributed by atoms with van der Waals surface area (Å²) in [5.74, 6) is 0.627. The van der Waals surface area contributed by atoms with Crippen LogP contribution in [0.2, 0.25) is 0 Å². The summed E-state index contributed by atoms with van der Waals surface area (Å²) in [4.78, 5) is 0. The molecule has 0 aromatic heterocycles. The molecule has 0 saturated carbocycles. The predicted octanol–water partition coefficient (Wildman–Crippen LogP) is 7.08. The fraction of sp³-hybridized carbons (Fsp3) is 0.200. The summed E-state index contributed by atoms with van der Waals surface area (Å²) in [5, 5.41) is -0.287. The molecule has 35 heavy (non-hydrogen) atoms. The summed E-state index contributed by atoms with van der Waals surface area (Å²) in [6.45, 7) is 8.41. The smallest absolute Gasteiger partial charge is 0.292 e. The van der Waals surface area contributed by atoms with Crippen LogP contribution in [-0.4, -0.2) is 0 Å². The monoisotopic (exact) mass is 482 g/mol. The third kappa shape index (κ3) is 3.56. The first-order valence-corrected chi connectivity index (χ1v) is 13.4. The van der Waals surface area contributed by atoms with Crippen molar-refractivity contribution in [3.05, 3.63) is 108 Å². The molecule has 0 saturated heterocycles. The van der Waals surface area contributed by atoms with Crippen LogP contribution in [0.1, 0.15) is 44.4 Å². The molecular weight excluding hydrogens is 451 g/mol. The van der Waals surface area contributed by atoms with Crippen molar-refractivity contribution in [2.24, 2.45) is 0 Å². The van der Waals surface area contributed by atoms with Gasteiger partial charge in [0.1, 0.15) is 10.9 Å². The van der Waals surface area contributed by atoms with E-state index in [4.69, 9.17) is 16.0 Å². The van der Waals surface area contributed by atoms with E-state index >= 15 is 4.57 Å². The molecule has 1 heterocycles. The Balaban J connectivity index is 1.85. The number of rotatable bonds is 3. The number of para-hydroxylation sites is 1. The zero-order chi connectivity index (χ0) is 25.0. The third-order valence-electron chi connectivity index (χ3n) is 7.11. The minimum Gasteiger partial charge on any atom is -0.438 e. The van der Waals surface area contributed by atoms with E-state index in [0.717, 1.165) is 33.5 Å². The van der Waals surface area contributed by atoms with Gasteiger partial charge in [-0.2, -0.15) is 0 Å². The van der Waals surface area contributed by atoms with E-state index in [-0.39, 0.29) is 5.41 Å². The Morgan fingerprint density at radius 1 is 0.714 bits per heavy atom. The van der Waals surface area contributed by atoms with Crippen LogP contribution < -0.4 is 21.3 Å². The minimum atomic E-state index is -3.59. The first-order chi connectivity index (χ1) is 16.6. The van der Waals surface area contributed by atoms with Crippen molar-refractivity contribution in [2.75, 3.05) is 11.5 Å². The van der Waals surface area contributed by atoms with Crippen molar-refractivity contribution in [3.63, 3.8) is 0 Å². The van der Waals surface area contributed by atoms with Crippen LogP contribution >= 0.6 is 7.37 Å². The van der Waals surface area contributed by atoms with Crippen molar-refractivity contribution in [3.8, 4) is 16.9 Å². The summed E-state index contributed by atoms with van der Waals surface area (Å²) in [7, 11) is -3.59. The molecule has 178 valence electrons. The molecule has 0 spiro atoms. The van der Waals surface area contributed by atoms with E-state index in [2.05, 4.69) is 26.8 Å². The van der Waals surface area contributed by atoms with Gasteiger partial charge in [0.05, 0.1) is 5.30 Å². The molecule has 0 aliphatic carbocycles. The van der Waals surface area contributed by atoms with Crippen LogP contribution in [0, 0.1) is 0 Å². The molecule has 4 aromatic carbocycles. The van der Waals surface area contributed by atoms with E-state index in [9.17, 15) is 0 Å². The predicted molar refractivity (Wildman–Crippen MR) is 147 cm³/mol. The summed E-state index contributed by atoms with van der Waals surface area (Å²) in [6, 6.07) is 29.3. The Bertz CT molecular complexity index is 1470. The van der Waals surface area contributed by atoms with Crippen molar-refractivity contribution in [1.29, 1.82) is 0 Å². The first-order valence-electron chi connectivity index (χ1n) is 11.8. The molecule has 0 bridgehead atoms. The molecule has 4 nitrogen and oxygen atoms in total. The maximum absolute atomic E-state index is 15.5. The zero-order valence-corrected chi connectivity index (χ0v) is 21.5. The standard InChI is InChI=1S/C30H31N2O2P/c1-29(2,3)25-19-21(15-18-26(25)32)30(4,20-13-16-22(31)17-14-20)35(33)28-12-8-6-10-24(28)23-9-5-7-11-27(23)34-35/h5-19H,31-32H2,1-4H3. The minimum absolute atomic E-state index is 0.186. The number of fused-ring (bicyclic) bond motifs is 3. The van der Waals surface area contributed by atoms with E-state index < -0.39 is 12.5 Å². The lowest BCUT2D eigenvalue weighted by Gasteiger charge is -2.42. The molecule has 4 aromatic rings. The summed E-state index contributed by atoms with van der Waals surface area (Å²) in [6.07, 6.45) is 0. The van der Waals surface area contributed by atoms with Gasteiger partial charge in [0.15, 0.2) is 0 Å². The molecule has 2 atom stereocenters. The van der Waals surface area contributed by atoms with Crippen molar-refractivity contribution in [1.82, 2.24) is 0 Å². The van der Waals surface area contributed by atoms with Crippen LogP contribution in [0.3, 0.4) is 0 Å². The van der Waals surface area contributed by atoms with Gasteiger partial charge in [-0.05, 0) is 64.9 Å². The Hall–Kier alpha value is -3.49. The highest BCUT2D eigenvalue weighted by Crippen LogP contribution is 2.69. The molecule has 2 unspecified atom stereocenters. The second kappa shape index (κ2) is 8.03. The average Bonchev–Trinajstić information content (AvgIpc) is 2.84. The van der Waals surface area contributed by atoms with Gasteiger partial charge in [-0.25, -0.2) is 0 Å². The Morgan fingerprint density at radius 2 is 1.31 bits per heavy atom. The summed E-state index contributed by atoms with van der Waals surface area (Å²) < 4.78 is 22.1.